The van der Waals surface area contributed by atoms with Crippen LogP contribution in [-0.4, -0.2) is 46.3 Å². The Morgan fingerprint density at radius 3 is 2.61 bits per heavy atom. The van der Waals surface area contributed by atoms with Gasteiger partial charge in [-0.2, -0.15) is 0 Å². The molecule has 3 rings (SSSR count). The highest BCUT2D eigenvalue weighted by atomic mass is 35.5. The summed E-state index contributed by atoms with van der Waals surface area (Å²) in [6.07, 6.45) is 3.57. The third-order valence-corrected chi connectivity index (χ3v) is 6.25. The standard InChI is InChI=1S/C20H28ClN5O2/c1-12-17(14-5-8-23-19(28-4)16(14)21)25-15(11-27)18(24-12)26-9-6-20(3,7-10-26)13(2)22/h5,8,13,27H,6-7,9-11,22H2,1-4H3/t13-/m0/s1. The number of ether oxygens (including phenoxy) is 1. The number of methoxy groups -OCH3 is 1. The fourth-order valence-corrected chi connectivity index (χ4v) is 3.87. The van der Waals surface area contributed by atoms with Crippen LogP contribution in [0.3, 0.4) is 0 Å². The molecule has 0 amide bonds. The van der Waals surface area contributed by atoms with E-state index in [1.165, 1.54) is 7.11 Å². The summed E-state index contributed by atoms with van der Waals surface area (Å²) in [5.41, 5.74) is 8.88. The van der Waals surface area contributed by atoms with E-state index >= 15 is 0 Å². The van der Waals surface area contributed by atoms with Gasteiger partial charge in [0.15, 0.2) is 5.82 Å². The van der Waals surface area contributed by atoms with Gasteiger partial charge in [0.25, 0.3) is 0 Å². The summed E-state index contributed by atoms with van der Waals surface area (Å²) in [4.78, 5) is 15.8. The van der Waals surface area contributed by atoms with E-state index in [2.05, 4.69) is 23.7 Å². The number of nitrogens with two attached hydrogens (primary N) is 1. The van der Waals surface area contributed by atoms with E-state index in [4.69, 9.17) is 32.0 Å². The number of rotatable bonds is 5. The zero-order valence-electron chi connectivity index (χ0n) is 16.9. The lowest BCUT2D eigenvalue weighted by Gasteiger charge is -2.42. The first-order chi connectivity index (χ1) is 13.3. The average Bonchev–Trinajstić information content (AvgIpc) is 2.69. The van der Waals surface area contributed by atoms with E-state index < -0.39 is 0 Å². The smallest absolute Gasteiger partial charge is 0.232 e. The molecule has 1 aliphatic heterocycles. The molecule has 3 heterocycles. The van der Waals surface area contributed by atoms with Gasteiger partial charge < -0.3 is 20.5 Å². The lowest BCUT2D eigenvalue weighted by molar-refractivity contribution is 0.204. The molecule has 1 fully saturated rings. The fraction of sp³-hybridized carbons (Fsp3) is 0.550. The summed E-state index contributed by atoms with van der Waals surface area (Å²) in [5.74, 6) is 1.06. The molecule has 3 N–H and O–H groups in total. The Bertz CT molecular complexity index is 851. The second-order valence-electron chi connectivity index (χ2n) is 7.70. The summed E-state index contributed by atoms with van der Waals surface area (Å²) < 4.78 is 5.20. The number of aromatic nitrogens is 3. The highest BCUT2D eigenvalue weighted by molar-refractivity contribution is 6.34. The molecular formula is C20H28ClN5O2. The summed E-state index contributed by atoms with van der Waals surface area (Å²) >= 11 is 6.42. The molecule has 1 aliphatic rings. The topological polar surface area (TPSA) is 97.4 Å². The van der Waals surface area contributed by atoms with Gasteiger partial charge in [-0.25, -0.2) is 15.0 Å². The summed E-state index contributed by atoms with van der Waals surface area (Å²) in [6.45, 7) is 7.68. The van der Waals surface area contributed by atoms with E-state index in [0.717, 1.165) is 37.4 Å². The highest BCUT2D eigenvalue weighted by Crippen LogP contribution is 2.37. The van der Waals surface area contributed by atoms with E-state index in [9.17, 15) is 5.11 Å². The normalized spacial score (nSPS) is 17.5. The monoisotopic (exact) mass is 405 g/mol. The number of anilines is 1. The molecule has 0 spiro atoms. The largest absolute Gasteiger partial charge is 0.480 e. The summed E-state index contributed by atoms with van der Waals surface area (Å²) in [7, 11) is 1.52. The van der Waals surface area contributed by atoms with E-state index in [1.807, 2.05) is 6.92 Å². The zero-order chi connectivity index (χ0) is 20.5. The van der Waals surface area contributed by atoms with Gasteiger partial charge in [-0.15, -0.1) is 0 Å². The van der Waals surface area contributed by atoms with Crippen LogP contribution >= 0.6 is 11.6 Å². The third kappa shape index (κ3) is 3.79. The van der Waals surface area contributed by atoms with E-state index in [1.54, 1.807) is 12.3 Å². The number of aliphatic hydroxyl groups excluding tert-OH is 1. The van der Waals surface area contributed by atoms with Crippen molar-refractivity contribution in [3.05, 3.63) is 28.7 Å². The van der Waals surface area contributed by atoms with Gasteiger partial charge in [-0.05, 0) is 38.2 Å². The molecule has 28 heavy (non-hydrogen) atoms. The van der Waals surface area contributed by atoms with Crippen LogP contribution in [0.25, 0.3) is 11.3 Å². The molecule has 1 atom stereocenters. The van der Waals surface area contributed by atoms with Gasteiger partial charge in [0.2, 0.25) is 5.88 Å². The SMILES string of the molecule is COc1nccc(-c2nc(CO)c(N3CCC(C)([C@H](C)N)CC3)nc2C)c1Cl. The van der Waals surface area contributed by atoms with E-state index in [-0.39, 0.29) is 18.1 Å². The van der Waals surface area contributed by atoms with Gasteiger partial charge in [0, 0.05) is 30.9 Å². The van der Waals surface area contributed by atoms with Crippen molar-refractivity contribution < 1.29 is 9.84 Å². The minimum atomic E-state index is -0.198. The van der Waals surface area contributed by atoms with Crippen LogP contribution in [0.5, 0.6) is 5.88 Å². The molecule has 0 aromatic carbocycles. The van der Waals surface area contributed by atoms with Crippen LogP contribution in [-0.2, 0) is 6.61 Å². The molecule has 8 heteroatoms. The van der Waals surface area contributed by atoms with Crippen LogP contribution in [0.4, 0.5) is 5.82 Å². The maximum atomic E-state index is 9.95. The number of pyridine rings is 1. The Labute approximate surface area is 170 Å². The summed E-state index contributed by atoms with van der Waals surface area (Å²) in [6, 6.07) is 1.92. The van der Waals surface area contributed by atoms with Crippen molar-refractivity contribution >= 4 is 17.4 Å². The zero-order valence-corrected chi connectivity index (χ0v) is 17.6. The minimum Gasteiger partial charge on any atom is -0.480 e. The number of nitrogens with zero attached hydrogens (tertiary/aromatic N) is 4. The molecule has 2 aromatic rings. The second kappa shape index (κ2) is 8.19. The Hall–Kier alpha value is -1.96. The second-order valence-corrected chi connectivity index (χ2v) is 8.08. The Balaban J connectivity index is 1.96. The number of aliphatic hydroxyl groups is 1. The Morgan fingerprint density at radius 2 is 2.04 bits per heavy atom. The van der Waals surface area contributed by atoms with Gasteiger partial charge >= 0.3 is 0 Å². The molecule has 0 unspecified atom stereocenters. The van der Waals surface area contributed by atoms with Crippen LogP contribution in [0, 0.1) is 12.3 Å². The lowest BCUT2D eigenvalue weighted by Crippen LogP contribution is -2.47. The third-order valence-electron chi connectivity index (χ3n) is 5.88. The molecule has 0 saturated carbocycles. The van der Waals surface area contributed by atoms with Crippen LogP contribution in [0.15, 0.2) is 12.3 Å². The van der Waals surface area contributed by atoms with Crippen molar-refractivity contribution in [2.24, 2.45) is 11.1 Å². The molecule has 0 radical (unpaired) electrons. The number of hydrogen-bond acceptors (Lipinski definition) is 7. The molecule has 0 aliphatic carbocycles. The molecule has 7 nitrogen and oxygen atoms in total. The number of aryl methyl sites for hydroxylation is 1. The maximum Gasteiger partial charge on any atom is 0.232 e. The van der Waals surface area contributed by atoms with Crippen LogP contribution in [0.1, 0.15) is 38.1 Å². The molecule has 2 aromatic heterocycles. The van der Waals surface area contributed by atoms with Crippen molar-refractivity contribution in [1.82, 2.24) is 15.0 Å². The van der Waals surface area contributed by atoms with Gasteiger partial charge in [0.05, 0.1) is 25.1 Å². The molecule has 1 saturated heterocycles. The highest BCUT2D eigenvalue weighted by Gasteiger charge is 2.34. The minimum absolute atomic E-state index is 0.124. The first-order valence-electron chi connectivity index (χ1n) is 9.48. The number of piperidine rings is 1. The number of hydrogen-bond donors (Lipinski definition) is 2. The Morgan fingerprint density at radius 1 is 1.36 bits per heavy atom. The quantitative estimate of drug-likeness (QED) is 0.789. The number of halogens is 1. The van der Waals surface area contributed by atoms with Crippen molar-refractivity contribution in [3.63, 3.8) is 0 Å². The first-order valence-corrected chi connectivity index (χ1v) is 9.86. The van der Waals surface area contributed by atoms with Crippen LogP contribution < -0.4 is 15.4 Å². The maximum absolute atomic E-state index is 9.95. The molecular weight excluding hydrogens is 378 g/mol. The van der Waals surface area contributed by atoms with Crippen molar-refractivity contribution in [2.75, 3.05) is 25.1 Å². The summed E-state index contributed by atoms with van der Waals surface area (Å²) in [5, 5.41) is 10.3. The molecule has 0 bridgehead atoms. The van der Waals surface area contributed by atoms with Crippen molar-refractivity contribution in [2.45, 2.75) is 46.3 Å². The predicted molar refractivity (Wildman–Crippen MR) is 111 cm³/mol. The van der Waals surface area contributed by atoms with Gasteiger partial charge in [-0.3, -0.25) is 0 Å². The fourth-order valence-electron chi connectivity index (χ4n) is 3.59. The lowest BCUT2D eigenvalue weighted by atomic mass is 9.75. The predicted octanol–water partition coefficient (Wildman–Crippen LogP) is 2.96. The van der Waals surface area contributed by atoms with Crippen molar-refractivity contribution in [1.29, 1.82) is 0 Å². The molecule has 152 valence electrons. The van der Waals surface area contributed by atoms with Gasteiger partial charge in [-0.1, -0.05) is 18.5 Å². The average molecular weight is 406 g/mol. The van der Waals surface area contributed by atoms with E-state index in [0.29, 0.717) is 27.9 Å². The first kappa shape index (κ1) is 20.8. The Kier molecular flexibility index (Phi) is 6.07. The van der Waals surface area contributed by atoms with Crippen molar-refractivity contribution in [3.8, 4) is 17.1 Å². The van der Waals surface area contributed by atoms with Crippen LogP contribution in [0.2, 0.25) is 5.02 Å². The van der Waals surface area contributed by atoms with Gasteiger partial charge in [0.1, 0.15) is 10.7 Å².